The molecule has 1 atom stereocenters. The molecule has 5 heteroatoms. The summed E-state index contributed by atoms with van der Waals surface area (Å²) < 4.78 is 13.5. The zero-order valence-corrected chi connectivity index (χ0v) is 11.9. The molecule has 1 amide bonds. The fraction of sp³-hybridized carbons (Fsp3) is 0.133. The number of benzene rings is 2. The highest BCUT2D eigenvalue weighted by Gasteiger charge is 2.20. The van der Waals surface area contributed by atoms with E-state index in [9.17, 15) is 14.3 Å². The van der Waals surface area contributed by atoms with Crippen molar-refractivity contribution in [1.29, 1.82) is 0 Å². The van der Waals surface area contributed by atoms with Crippen LogP contribution in [0.3, 0.4) is 0 Å². The van der Waals surface area contributed by atoms with Gasteiger partial charge in [0.2, 0.25) is 5.91 Å². The van der Waals surface area contributed by atoms with Crippen molar-refractivity contribution in [1.82, 2.24) is 0 Å². The molecule has 0 aliphatic carbocycles. The van der Waals surface area contributed by atoms with Crippen molar-refractivity contribution in [2.75, 3.05) is 5.32 Å². The summed E-state index contributed by atoms with van der Waals surface area (Å²) in [6.07, 6.45) is -0.531. The second-order valence-corrected chi connectivity index (χ2v) is 5.57. The second kappa shape index (κ2) is 5.00. The van der Waals surface area contributed by atoms with E-state index in [1.165, 1.54) is 6.07 Å². The van der Waals surface area contributed by atoms with Gasteiger partial charge in [-0.25, -0.2) is 4.39 Å². The Hall–Kier alpha value is -1.72. The molecule has 0 aromatic heterocycles. The maximum atomic E-state index is 13.2. The molecule has 20 heavy (non-hydrogen) atoms. The zero-order chi connectivity index (χ0) is 14.3. The number of halogens is 2. The first kappa shape index (κ1) is 13.3. The van der Waals surface area contributed by atoms with Gasteiger partial charge in [0.1, 0.15) is 11.9 Å². The predicted octanol–water partition coefficient (Wildman–Crippen LogP) is 3.16. The van der Waals surface area contributed by atoms with Gasteiger partial charge in [0.15, 0.2) is 0 Å². The van der Waals surface area contributed by atoms with Crippen LogP contribution >= 0.6 is 15.9 Å². The van der Waals surface area contributed by atoms with Crippen LogP contribution in [0.15, 0.2) is 40.9 Å². The van der Waals surface area contributed by atoms with E-state index < -0.39 is 6.10 Å². The van der Waals surface area contributed by atoms with Gasteiger partial charge in [-0.1, -0.05) is 18.2 Å². The Bertz CT molecular complexity index is 702. The Labute approximate surface area is 123 Å². The average Bonchev–Trinajstić information content (AvgIpc) is 2.80. The SMILES string of the molecule is O=C1Cc2cc(C(O)c3ccc(F)c(Br)c3)ccc2N1. The lowest BCUT2D eigenvalue weighted by atomic mass is 9.99. The van der Waals surface area contributed by atoms with Crippen LogP contribution in [0.4, 0.5) is 10.1 Å². The van der Waals surface area contributed by atoms with Crippen LogP contribution in [-0.4, -0.2) is 11.0 Å². The summed E-state index contributed by atoms with van der Waals surface area (Å²) >= 11 is 3.10. The van der Waals surface area contributed by atoms with Gasteiger partial charge in [0.05, 0.1) is 10.9 Å². The molecule has 102 valence electrons. The molecule has 0 bridgehead atoms. The first-order valence-electron chi connectivity index (χ1n) is 6.10. The molecule has 2 aromatic rings. The Balaban J connectivity index is 1.94. The highest BCUT2D eigenvalue weighted by atomic mass is 79.9. The lowest BCUT2D eigenvalue weighted by Crippen LogP contribution is -2.03. The molecule has 0 radical (unpaired) electrons. The van der Waals surface area contributed by atoms with E-state index in [0.717, 1.165) is 11.3 Å². The maximum absolute atomic E-state index is 13.2. The van der Waals surface area contributed by atoms with Crippen LogP contribution in [-0.2, 0) is 11.2 Å². The summed E-state index contributed by atoms with van der Waals surface area (Å²) in [7, 11) is 0. The van der Waals surface area contributed by atoms with E-state index in [1.54, 1.807) is 30.3 Å². The van der Waals surface area contributed by atoms with E-state index in [-0.39, 0.29) is 11.7 Å². The van der Waals surface area contributed by atoms with Crippen molar-refractivity contribution in [3.8, 4) is 0 Å². The number of hydrogen-bond donors (Lipinski definition) is 2. The molecule has 0 spiro atoms. The van der Waals surface area contributed by atoms with E-state index in [0.29, 0.717) is 22.0 Å². The summed E-state index contributed by atoms with van der Waals surface area (Å²) in [5.74, 6) is -0.416. The summed E-state index contributed by atoms with van der Waals surface area (Å²) in [6, 6.07) is 9.73. The van der Waals surface area contributed by atoms with Crippen molar-refractivity contribution in [3.63, 3.8) is 0 Å². The van der Waals surface area contributed by atoms with Gasteiger partial charge in [-0.2, -0.15) is 0 Å². The monoisotopic (exact) mass is 335 g/mol. The highest BCUT2D eigenvalue weighted by Crippen LogP contribution is 2.30. The molecule has 1 heterocycles. The first-order valence-corrected chi connectivity index (χ1v) is 6.89. The predicted molar refractivity (Wildman–Crippen MR) is 76.9 cm³/mol. The first-order chi connectivity index (χ1) is 9.54. The molecule has 3 nitrogen and oxygen atoms in total. The third kappa shape index (κ3) is 2.34. The number of anilines is 1. The minimum atomic E-state index is -0.854. The minimum Gasteiger partial charge on any atom is -0.384 e. The number of fused-ring (bicyclic) bond motifs is 1. The number of carbonyl (C=O) groups excluding carboxylic acids is 1. The van der Waals surface area contributed by atoms with Gasteiger partial charge in [0.25, 0.3) is 0 Å². The van der Waals surface area contributed by atoms with Crippen molar-refractivity contribution in [2.45, 2.75) is 12.5 Å². The van der Waals surface area contributed by atoms with Crippen molar-refractivity contribution >= 4 is 27.5 Å². The number of nitrogens with one attached hydrogen (secondary N) is 1. The molecular weight excluding hydrogens is 325 g/mol. The summed E-state index contributed by atoms with van der Waals surface area (Å²) in [4.78, 5) is 11.3. The maximum Gasteiger partial charge on any atom is 0.228 e. The van der Waals surface area contributed by atoms with Crippen LogP contribution in [0.25, 0.3) is 0 Å². The molecular formula is C15H11BrFNO2. The third-order valence-electron chi connectivity index (χ3n) is 3.33. The quantitative estimate of drug-likeness (QED) is 0.885. The van der Waals surface area contributed by atoms with Crippen molar-refractivity contribution < 1.29 is 14.3 Å². The van der Waals surface area contributed by atoms with Crippen molar-refractivity contribution in [3.05, 3.63) is 63.4 Å². The molecule has 1 aliphatic heterocycles. The Morgan fingerprint density at radius 3 is 2.65 bits per heavy atom. The van der Waals surface area contributed by atoms with Crippen LogP contribution in [0, 0.1) is 5.82 Å². The van der Waals surface area contributed by atoms with E-state index >= 15 is 0 Å². The molecule has 0 fully saturated rings. The summed E-state index contributed by atoms with van der Waals surface area (Å²) in [5, 5.41) is 13.1. The van der Waals surface area contributed by atoms with Gasteiger partial charge >= 0.3 is 0 Å². The smallest absolute Gasteiger partial charge is 0.228 e. The van der Waals surface area contributed by atoms with E-state index in [2.05, 4.69) is 21.2 Å². The summed E-state index contributed by atoms with van der Waals surface area (Å²) in [6.45, 7) is 0. The largest absolute Gasteiger partial charge is 0.384 e. The molecule has 3 rings (SSSR count). The molecule has 1 aliphatic rings. The average molecular weight is 336 g/mol. The number of hydrogen-bond acceptors (Lipinski definition) is 2. The van der Waals surface area contributed by atoms with Gasteiger partial charge in [-0.05, 0) is 50.8 Å². The molecule has 1 unspecified atom stereocenters. The van der Waals surface area contributed by atoms with Crippen LogP contribution < -0.4 is 5.32 Å². The van der Waals surface area contributed by atoms with Gasteiger partial charge in [-0.15, -0.1) is 0 Å². The molecule has 2 aromatic carbocycles. The highest BCUT2D eigenvalue weighted by molar-refractivity contribution is 9.10. The van der Waals surface area contributed by atoms with Gasteiger partial charge < -0.3 is 10.4 Å². The number of aliphatic hydroxyl groups excluding tert-OH is 1. The van der Waals surface area contributed by atoms with Crippen LogP contribution in [0.5, 0.6) is 0 Å². The normalized spacial score (nSPS) is 14.8. The Kier molecular flexibility index (Phi) is 3.31. The third-order valence-corrected chi connectivity index (χ3v) is 3.94. The number of amides is 1. The van der Waals surface area contributed by atoms with E-state index in [1.807, 2.05) is 0 Å². The van der Waals surface area contributed by atoms with E-state index in [4.69, 9.17) is 0 Å². The van der Waals surface area contributed by atoms with Crippen LogP contribution in [0.2, 0.25) is 0 Å². The molecule has 0 saturated heterocycles. The van der Waals surface area contributed by atoms with Gasteiger partial charge in [-0.3, -0.25) is 4.79 Å². The Morgan fingerprint density at radius 2 is 1.90 bits per heavy atom. The lowest BCUT2D eigenvalue weighted by Gasteiger charge is -2.13. The number of aliphatic hydroxyl groups is 1. The fourth-order valence-electron chi connectivity index (χ4n) is 2.29. The number of rotatable bonds is 2. The second-order valence-electron chi connectivity index (χ2n) is 4.72. The number of carbonyl (C=O) groups is 1. The Morgan fingerprint density at radius 1 is 1.20 bits per heavy atom. The molecule has 0 saturated carbocycles. The fourth-order valence-corrected chi connectivity index (χ4v) is 2.69. The topological polar surface area (TPSA) is 49.3 Å². The molecule has 2 N–H and O–H groups in total. The zero-order valence-electron chi connectivity index (χ0n) is 10.4. The summed E-state index contributed by atoms with van der Waals surface area (Å²) in [5.41, 5.74) is 2.92. The standard InChI is InChI=1S/C15H11BrFNO2/c16-11-6-9(1-3-12(11)17)15(20)8-2-4-13-10(5-8)7-14(19)18-13/h1-6,15,20H,7H2,(H,18,19). The van der Waals surface area contributed by atoms with Gasteiger partial charge in [0, 0.05) is 5.69 Å². The van der Waals surface area contributed by atoms with Crippen molar-refractivity contribution in [2.24, 2.45) is 0 Å². The lowest BCUT2D eigenvalue weighted by molar-refractivity contribution is -0.115. The minimum absolute atomic E-state index is 0.0452. The van der Waals surface area contributed by atoms with Crippen LogP contribution in [0.1, 0.15) is 22.8 Å².